The van der Waals surface area contributed by atoms with Crippen molar-refractivity contribution in [1.82, 2.24) is 4.98 Å². The Morgan fingerprint density at radius 1 is 1.18 bits per heavy atom. The Morgan fingerprint density at radius 2 is 1.82 bits per heavy atom. The molecule has 0 saturated carbocycles. The summed E-state index contributed by atoms with van der Waals surface area (Å²) in [6.45, 7) is 11.5. The highest BCUT2D eigenvalue weighted by Crippen LogP contribution is 2.18. The van der Waals surface area contributed by atoms with Gasteiger partial charge in [0, 0.05) is 18.8 Å². The Morgan fingerprint density at radius 3 is 2.18 bits per heavy atom. The van der Waals surface area contributed by atoms with Crippen LogP contribution in [0.5, 0.6) is 0 Å². The summed E-state index contributed by atoms with van der Waals surface area (Å²) in [7, 11) is 0. The predicted octanol–water partition coefficient (Wildman–Crippen LogP) is 3.01. The smallest absolute Gasteiger partial charge is 0.128 e. The molecule has 0 aromatic carbocycles. The largest absolute Gasteiger partial charge is 0.389 e. The van der Waals surface area contributed by atoms with Crippen LogP contribution in [0.1, 0.15) is 46.3 Å². The maximum Gasteiger partial charge on any atom is 0.128 e. The highest BCUT2D eigenvalue weighted by atomic mass is 16.3. The second-order valence-corrected chi connectivity index (χ2v) is 5.27. The van der Waals surface area contributed by atoms with Crippen molar-refractivity contribution >= 4 is 5.82 Å². The number of pyridine rings is 1. The number of aliphatic hydroxyl groups excluding tert-OH is 1. The van der Waals surface area contributed by atoms with Crippen LogP contribution >= 0.6 is 0 Å². The van der Waals surface area contributed by atoms with Crippen molar-refractivity contribution in [3.8, 4) is 0 Å². The summed E-state index contributed by atoms with van der Waals surface area (Å²) < 4.78 is 0. The molecule has 1 aromatic heterocycles. The van der Waals surface area contributed by atoms with Crippen LogP contribution in [-0.2, 0) is 0 Å². The van der Waals surface area contributed by atoms with Crippen LogP contribution < -0.4 is 4.90 Å². The molecule has 3 heteroatoms. The fraction of sp³-hybridized carbons (Fsp3) is 0.643. The van der Waals surface area contributed by atoms with Crippen molar-refractivity contribution < 1.29 is 5.11 Å². The second-order valence-electron chi connectivity index (χ2n) is 5.27. The number of hydrogen-bond acceptors (Lipinski definition) is 3. The molecule has 0 aliphatic heterocycles. The van der Waals surface area contributed by atoms with Crippen molar-refractivity contribution in [2.24, 2.45) is 5.92 Å². The third-order valence-electron chi connectivity index (χ3n) is 2.73. The first-order valence-corrected chi connectivity index (χ1v) is 6.32. The van der Waals surface area contributed by atoms with E-state index in [2.05, 4.69) is 37.6 Å². The van der Waals surface area contributed by atoms with E-state index in [4.69, 9.17) is 0 Å². The molecule has 0 aliphatic carbocycles. The maximum absolute atomic E-state index is 9.45. The topological polar surface area (TPSA) is 36.4 Å². The molecule has 1 aromatic rings. The molecule has 0 saturated heterocycles. The second kappa shape index (κ2) is 6.01. The van der Waals surface area contributed by atoms with Crippen LogP contribution in [0.3, 0.4) is 0 Å². The lowest BCUT2D eigenvalue weighted by Gasteiger charge is -2.29. The molecule has 1 atom stereocenters. The predicted molar refractivity (Wildman–Crippen MR) is 72.2 cm³/mol. The molecule has 0 bridgehead atoms. The molecule has 0 aliphatic rings. The lowest BCUT2D eigenvalue weighted by atomic mass is 10.1. The van der Waals surface area contributed by atoms with E-state index in [-0.39, 0.29) is 0 Å². The fourth-order valence-electron chi connectivity index (χ4n) is 1.78. The molecule has 3 nitrogen and oxygen atoms in total. The molecule has 0 fully saturated rings. The Kier molecular flexibility index (Phi) is 4.94. The third-order valence-corrected chi connectivity index (χ3v) is 2.73. The zero-order chi connectivity index (χ0) is 13.0. The summed E-state index contributed by atoms with van der Waals surface area (Å²) in [6.07, 6.45) is 1.31. The molecule has 0 spiro atoms. The SMILES string of the molecule is CC(C)CN(c1ccc([C@H](C)O)cn1)C(C)C. The minimum atomic E-state index is -0.450. The first-order valence-electron chi connectivity index (χ1n) is 6.32. The van der Waals surface area contributed by atoms with Gasteiger partial charge in [-0.1, -0.05) is 19.9 Å². The molecule has 1 rings (SSSR count). The van der Waals surface area contributed by atoms with Gasteiger partial charge in [-0.3, -0.25) is 0 Å². The van der Waals surface area contributed by atoms with E-state index in [1.54, 1.807) is 13.1 Å². The van der Waals surface area contributed by atoms with Crippen LogP contribution in [-0.4, -0.2) is 22.7 Å². The number of nitrogens with zero attached hydrogens (tertiary/aromatic N) is 2. The molecular formula is C14H24N2O. The van der Waals surface area contributed by atoms with Gasteiger partial charge in [0.25, 0.3) is 0 Å². The number of anilines is 1. The molecule has 0 amide bonds. The molecule has 1 heterocycles. The summed E-state index contributed by atoms with van der Waals surface area (Å²) in [5, 5.41) is 9.45. The van der Waals surface area contributed by atoms with E-state index in [1.165, 1.54) is 0 Å². The zero-order valence-electron chi connectivity index (χ0n) is 11.5. The van der Waals surface area contributed by atoms with Crippen LogP contribution in [0, 0.1) is 5.92 Å². The van der Waals surface area contributed by atoms with Gasteiger partial charge in [-0.15, -0.1) is 0 Å². The minimum Gasteiger partial charge on any atom is -0.389 e. The number of hydrogen-bond donors (Lipinski definition) is 1. The standard InChI is InChI=1S/C14H24N2O/c1-10(2)9-16(11(3)4)14-7-6-13(8-15-14)12(5)17/h6-8,10-12,17H,9H2,1-5H3/t12-/m0/s1. The van der Waals surface area contributed by atoms with Gasteiger partial charge in [0.05, 0.1) is 6.10 Å². The van der Waals surface area contributed by atoms with Gasteiger partial charge >= 0.3 is 0 Å². The summed E-state index contributed by atoms with van der Waals surface area (Å²) in [5.41, 5.74) is 0.863. The van der Waals surface area contributed by atoms with E-state index >= 15 is 0 Å². The van der Waals surface area contributed by atoms with Crippen molar-refractivity contribution in [3.05, 3.63) is 23.9 Å². The quantitative estimate of drug-likeness (QED) is 0.853. The van der Waals surface area contributed by atoms with Crippen LogP contribution in [0.2, 0.25) is 0 Å². The van der Waals surface area contributed by atoms with E-state index in [0.29, 0.717) is 12.0 Å². The molecule has 17 heavy (non-hydrogen) atoms. The summed E-state index contributed by atoms with van der Waals surface area (Å²) in [5.74, 6) is 1.59. The van der Waals surface area contributed by atoms with Gasteiger partial charge in [0.2, 0.25) is 0 Å². The summed E-state index contributed by atoms with van der Waals surface area (Å²) in [4.78, 5) is 6.73. The Hall–Kier alpha value is -1.09. The first kappa shape index (κ1) is 14.0. The maximum atomic E-state index is 9.45. The molecule has 1 N–H and O–H groups in total. The lowest BCUT2D eigenvalue weighted by molar-refractivity contribution is 0.199. The number of aromatic nitrogens is 1. The molecule has 96 valence electrons. The van der Waals surface area contributed by atoms with Crippen LogP contribution in [0.25, 0.3) is 0 Å². The van der Waals surface area contributed by atoms with E-state index in [9.17, 15) is 5.11 Å². The van der Waals surface area contributed by atoms with Gasteiger partial charge in [0.15, 0.2) is 0 Å². The van der Waals surface area contributed by atoms with Gasteiger partial charge in [0.1, 0.15) is 5.82 Å². The van der Waals surface area contributed by atoms with Crippen LogP contribution in [0.15, 0.2) is 18.3 Å². The molecule has 0 radical (unpaired) electrons. The van der Waals surface area contributed by atoms with E-state index in [1.807, 2.05) is 12.1 Å². The Bertz CT molecular complexity index is 331. The fourth-order valence-corrected chi connectivity index (χ4v) is 1.78. The summed E-state index contributed by atoms with van der Waals surface area (Å²) >= 11 is 0. The van der Waals surface area contributed by atoms with Crippen LogP contribution in [0.4, 0.5) is 5.82 Å². The molecule has 0 unspecified atom stereocenters. The van der Waals surface area contributed by atoms with Gasteiger partial charge < -0.3 is 10.0 Å². The monoisotopic (exact) mass is 236 g/mol. The van der Waals surface area contributed by atoms with E-state index < -0.39 is 6.10 Å². The van der Waals surface area contributed by atoms with Crippen molar-refractivity contribution in [2.75, 3.05) is 11.4 Å². The highest BCUT2D eigenvalue weighted by Gasteiger charge is 2.13. The minimum absolute atomic E-state index is 0.433. The highest BCUT2D eigenvalue weighted by molar-refractivity contribution is 5.40. The average Bonchev–Trinajstić information content (AvgIpc) is 2.25. The Balaban J connectivity index is 2.87. The first-order chi connectivity index (χ1) is 7.91. The third kappa shape index (κ3) is 4.00. The summed E-state index contributed by atoms with van der Waals surface area (Å²) in [6, 6.07) is 4.37. The molecular weight excluding hydrogens is 212 g/mol. The van der Waals surface area contributed by atoms with Gasteiger partial charge in [-0.2, -0.15) is 0 Å². The van der Waals surface area contributed by atoms with Gasteiger partial charge in [-0.05, 0) is 38.3 Å². The van der Waals surface area contributed by atoms with E-state index in [0.717, 1.165) is 17.9 Å². The zero-order valence-corrected chi connectivity index (χ0v) is 11.5. The van der Waals surface area contributed by atoms with Crippen molar-refractivity contribution in [1.29, 1.82) is 0 Å². The van der Waals surface area contributed by atoms with Gasteiger partial charge in [-0.25, -0.2) is 4.98 Å². The Labute approximate surface area is 104 Å². The lowest BCUT2D eigenvalue weighted by Crippen LogP contribution is -2.34. The normalized spacial score (nSPS) is 13.2. The van der Waals surface area contributed by atoms with Crippen molar-refractivity contribution in [2.45, 2.75) is 46.8 Å². The number of aliphatic hydroxyl groups is 1. The van der Waals surface area contributed by atoms with Crippen molar-refractivity contribution in [3.63, 3.8) is 0 Å². The number of rotatable bonds is 5. The average molecular weight is 236 g/mol.